The maximum atomic E-state index is 6.30. The second-order valence-electron chi connectivity index (χ2n) is 4.61. The number of rotatable bonds is 3. The van der Waals surface area contributed by atoms with Crippen LogP contribution in [-0.4, -0.2) is 9.78 Å². The molecule has 1 aliphatic rings. The van der Waals surface area contributed by atoms with Crippen molar-refractivity contribution in [2.24, 2.45) is 0 Å². The number of hydrogen-bond acceptors (Lipinski definition) is 2. The summed E-state index contributed by atoms with van der Waals surface area (Å²) >= 11 is 6.30. The molecule has 0 saturated heterocycles. The normalized spacial score (nSPS) is 18.0. The molecule has 3 nitrogen and oxygen atoms in total. The number of benzene rings is 1. The van der Waals surface area contributed by atoms with Gasteiger partial charge in [-0.3, -0.25) is 4.68 Å². The topological polar surface area (TPSA) is 29.9 Å². The highest BCUT2D eigenvalue weighted by Gasteiger charge is 2.27. The molecule has 1 aliphatic heterocycles. The first-order valence-corrected chi connectivity index (χ1v) is 6.71. The number of aromatic nitrogens is 2. The maximum Gasteiger partial charge on any atom is 0.0837 e. The lowest BCUT2D eigenvalue weighted by molar-refractivity contribution is 0.532. The van der Waals surface area contributed by atoms with Gasteiger partial charge in [0, 0.05) is 13.1 Å². The monoisotopic (exact) mass is 261 g/mol. The Bertz CT molecular complexity index is 562. The van der Waals surface area contributed by atoms with E-state index in [4.69, 9.17) is 11.6 Å². The van der Waals surface area contributed by atoms with E-state index in [1.807, 2.05) is 4.68 Å². The summed E-state index contributed by atoms with van der Waals surface area (Å²) in [7, 11) is 0. The van der Waals surface area contributed by atoms with Crippen LogP contribution >= 0.6 is 11.6 Å². The fourth-order valence-electron chi connectivity index (χ4n) is 2.59. The lowest BCUT2D eigenvalue weighted by Crippen LogP contribution is -2.18. The van der Waals surface area contributed by atoms with Crippen LogP contribution in [0.1, 0.15) is 36.2 Å². The van der Waals surface area contributed by atoms with Crippen LogP contribution in [0.3, 0.4) is 0 Å². The Morgan fingerprint density at radius 1 is 1.44 bits per heavy atom. The standard InChI is InChI=1S/C14H16ClN3/c1-2-7-18-14(12(15)9-17-18)13-11-6-4-3-5-10(11)8-16-13/h3-6,9,13,16H,2,7-8H2,1H3. The van der Waals surface area contributed by atoms with E-state index in [1.54, 1.807) is 6.20 Å². The molecule has 3 rings (SSSR count). The van der Waals surface area contributed by atoms with E-state index in [0.29, 0.717) is 0 Å². The molecule has 0 radical (unpaired) electrons. The van der Waals surface area contributed by atoms with E-state index in [1.165, 1.54) is 11.1 Å². The lowest BCUT2D eigenvalue weighted by Gasteiger charge is -2.15. The summed E-state index contributed by atoms with van der Waals surface area (Å²) in [5.41, 5.74) is 3.75. The van der Waals surface area contributed by atoms with Crippen LogP contribution < -0.4 is 5.32 Å². The van der Waals surface area contributed by atoms with E-state index in [2.05, 4.69) is 41.6 Å². The van der Waals surface area contributed by atoms with Crippen molar-refractivity contribution in [3.63, 3.8) is 0 Å². The van der Waals surface area contributed by atoms with E-state index in [0.717, 1.165) is 30.2 Å². The van der Waals surface area contributed by atoms with E-state index >= 15 is 0 Å². The van der Waals surface area contributed by atoms with Gasteiger partial charge in [0.05, 0.1) is 23.0 Å². The second kappa shape index (κ2) is 4.75. The molecule has 4 heteroatoms. The predicted octanol–water partition coefficient (Wildman–Crippen LogP) is 3.14. The minimum Gasteiger partial charge on any atom is -0.301 e. The second-order valence-corrected chi connectivity index (χ2v) is 5.02. The number of hydrogen-bond donors (Lipinski definition) is 1. The molecule has 0 spiro atoms. The third kappa shape index (κ3) is 1.84. The molecular weight excluding hydrogens is 246 g/mol. The summed E-state index contributed by atoms with van der Waals surface area (Å²) in [5.74, 6) is 0. The van der Waals surface area contributed by atoms with Gasteiger partial charge in [0.1, 0.15) is 0 Å². The highest BCUT2D eigenvalue weighted by Crippen LogP contribution is 2.34. The van der Waals surface area contributed by atoms with Crippen molar-refractivity contribution in [2.45, 2.75) is 32.5 Å². The van der Waals surface area contributed by atoms with Crippen LogP contribution in [0.15, 0.2) is 30.5 Å². The summed E-state index contributed by atoms with van der Waals surface area (Å²) in [6.45, 7) is 3.95. The highest BCUT2D eigenvalue weighted by atomic mass is 35.5. The Morgan fingerprint density at radius 2 is 2.28 bits per heavy atom. The van der Waals surface area contributed by atoms with Gasteiger partial charge in [-0.2, -0.15) is 5.10 Å². The van der Waals surface area contributed by atoms with E-state index in [-0.39, 0.29) is 6.04 Å². The zero-order valence-corrected chi connectivity index (χ0v) is 11.1. The van der Waals surface area contributed by atoms with Crippen LogP contribution in [0.4, 0.5) is 0 Å². The minimum atomic E-state index is 0.169. The van der Waals surface area contributed by atoms with Gasteiger partial charge in [0.2, 0.25) is 0 Å². The number of nitrogens with zero attached hydrogens (tertiary/aromatic N) is 2. The molecule has 1 atom stereocenters. The zero-order valence-electron chi connectivity index (χ0n) is 10.4. The molecule has 1 aromatic heterocycles. The van der Waals surface area contributed by atoms with Crippen LogP contribution in [0, 0.1) is 0 Å². The first kappa shape index (κ1) is 11.8. The van der Waals surface area contributed by atoms with Crippen molar-refractivity contribution < 1.29 is 0 Å². The average molecular weight is 262 g/mol. The van der Waals surface area contributed by atoms with Crippen molar-refractivity contribution in [3.8, 4) is 0 Å². The van der Waals surface area contributed by atoms with Gasteiger partial charge in [-0.1, -0.05) is 42.8 Å². The molecule has 1 N–H and O–H groups in total. The van der Waals surface area contributed by atoms with Gasteiger partial charge in [0.15, 0.2) is 0 Å². The SMILES string of the molecule is CCCn1ncc(Cl)c1C1NCc2ccccc21. The van der Waals surface area contributed by atoms with Gasteiger partial charge in [-0.05, 0) is 17.5 Å². The minimum absolute atomic E-state index is 0.169. The maximum absolute atomic E-state index is 6.30. The van der Waals surface area contributed by atoms with Gasteiger partial charge < -0.3 is 5.32 Å². The third-order valence-corrected chi connectivity index (χ3v) is 3.70. The van der Waals surface area contributed by atoms with Crippen molar-refractivity contribution in [1.82, 2.24) is 15.1 Å². The molecule has 18 heavy (non-hydrogen) atoms. The van der Waals surface area contributed by atoms with Gasteiger partial charge in [0.25, 0.3) is 0 Å². The summed E-state index contributed by atoms with van der Waals surface area (Å²) in [6, 6.07) is 8.65. The highest BCUT2D eigenvalue weighted by molar-refractivity contribution is 6.31. The molecule has 0 saturated carbocycles. The molecular formula is C14H16ClN3. The Balaban J connectivity index is 2.04. The Morgan fingerprint density at radius 3 is 3.11 bits per heavy atom. The molecule has 0 amide bonds. The Labute approximate surface area is 112 Å². The van der Waals surface area contributed by atoms with E-state index < -0.39 is 0 Å². The van der Waals surface area contributed by atoms with Crippen molar-refractivity contribution in [1.29, 1.82) is 0 Å². The third-order valence-electron chi connectivity index (χ3n) is 3.40. The fourth-order valence-corrected chi connectivity index (χ4v) is 2.84. The summed E-state index contributed by atoms with van der Waals surface area (Å²) < 4.78 is 2.02. The van der Waals surface area contributed by atoms with Crippen molar-refractivity contribution >= 4 is 11.6 Å². The number of fused-ring (bicyclic) bond motifs is 1. The predicted molar refractivity (Wildman–Crippen MR) is 72.7 cm³/mol. The average Bonchev–Trinajstić information content (AvgIpc) is 2.94. The van der Waals surface area contributed by atoms with Crippen LogP contribution in [0.25, 0.3) is 0 Å². The fraction of sp³-hybridized carbons (Fsp3) is 0.357. The zero-order chi connectivity index (χ0) is 12.5. The first-order valence-electron chi connectivity index (χ1n) is 6.33. The van der Waals surface area contributed by atoms with Crippen molar-refractivity contribution in [2.75, 3.05) is 0 Å². The van der Waals surface area contributed by atoms with Gasteiger partial charge in [-0.25, -0.2) is 0 Å². The smallest absolute Gasteiger partial charge is 0.0837 e. The Kier molecular flexibility index (Phi) is 3.10. The summed E-state index contributed by atoms with van der Waals surface area (Å²) in [5, 5.41) is 8.63. The summed E-state index contributed by atoms with van der Waals surface area (Å²) in [4.78, 5) is 0. The van der Waals surface area contributed by atoms with Crippen molar-refractivity contribution in [3.05, 3.63) is 52.3 Å². The summed E-state index contributed by atoms with van der Waals surface area (Å²) in [6.07, 6.45) is 2.80. The lowest BCUT2D eigenvalue weighted by atomic mass is 10.0. The quantitative estimate of drug-likeness (QED) is 0.920. The molecule has 0 bridgehead atoms. The molecule has 1 aromatic carbocycles. The van der Waals surface area contributed by atoms with Crippen LogP contribution in [0.5, 0.6) is 0 Å². The Hall–Kier alpha value is -1.32. The largest absolute Gasteiger partial charge is 0.301 e. The number of aryl methyl sites for hydroxylation is 1. The van der Waals surface area contributed by atoms with Crippen LogP contribution in [0.2, 0.25) is 5.02 Å². The molecule has 2 heterocycles. The first-order chi connectivity index (χ1) is 8.81. The molecule has 94 valence electrons. The number of nitrogens with one attached hydrogen (secondary N) is 1. The molecule has 0 aliphatic carbocycles. The van der Waals surface area contributed by atoms with Crippen LogP contribution in [-0.2, 0) is 13.1 Å². The van der Waals surface area contributed by atoms with E-state index in [9.17, 15) is 0 Å². The van der Waals surface area contributed by atoms with Gasteiger partial charge >= 0.3 is 0 Å². The molecule has 1 unspecified atom stereocenters. The van der Waals surface area contributed by atoms with Gasteiger partial charge in [-0.15, -0.1) is 0 Å². The number of halogens is 1. The molecule has 2 aromatic rings. The molecule has 0 fully saturated rings.